The second-order valence-corrected chi connectivity index (χ2v) is 8.85. The number of hydrogen-bond donors (Lipinski definition) is 0. The molecule has 3 nitrogen and oxygen atoms in total. The highest BCUT2D eigenvalue weighted by Gasteiger charge is 2.32. The molecule has 0 radical (unpaired) electrons. The van der Waals surface area contributed by atoms with Crippen LogP contribution in [0.5, 0.6) is 11.5 Å². The van der Waals surface area contributed by atoms with E-state index in [2.05, 4.69) is 48.5 Å². The zero-order valence-electron chi connectivity index (χ0n) is 16.9. The maximum atomic E-state index is 9.25. The van der Waals surface area contributed by atoms with Crippen molar-refractivity contribution < 1.29 is 9.47 Å². The third-order valence-electron chi connectivity index (χ3n) is 5.43. The number of ether oxygens (including phenoxy) is 2. The number of nitrogens with zero attached hydrogens (tertiary/aromatic N) is 1. The molecule has 0 bridgehead atoms. The van der Waals surface area contributed by atoms with Gasteiger partial charge in [-0.1, -0.05) is 54.1 Å². The Morgan fingerprint density at radius 1 is 0.933 bits per heavy atom. The van der Waals surface area contributed by atoms with Crippen LogP contribution >= 0.6 is 23.4 Å². The molecule has 0 unspecified atom stereocenters. The Labute approximate surface area is 186 Å². The third kappa shape index (κ3) is 3.76. The first-order valence-corrected chi connectivity index (χ1v) is 11.1. The molecule has 0 N–H and O–H groups in total. The number of benzene rings is 3. The van der Waals surface area contributed by atoms with Gasteiger partial charge in [-0.25, -0.2) is 0 Å². The number of para-hydroxylation sites is 1. The largest absolute Gasteiger partial charge is 0.493 e. The van der Waals surface area contributed by atoms with Gasteiger partial charge < -0.3 is 9.47 Å². The highest BCUT2D eigenvalue weighted by atomic mass is 35.5. The van der Waals surface area contributed by atoms with E-state index in [9.17, 15) is 5.26 Å². The van der Waals surface area contributed by atoms with Crippen LogP contribution in [0.15, 0.2) is 60.7 Å². The summed E-state index contributed by atoms with van der Waals surface area (Å²) in [4.78, 5) is 0. The van der Waals surface area contributed by atoms with Gasteiger partial charge in [-0.15, -0.1) is 11.8 Å². The summed E-state index contributed by atoms with van der Waals surface area (Å²) in [5.41, 5.74) is 5.80. The van der Waals surface area contributed by atoms with E-state index in [4.69, 9.17) is 21.1 Å². The SMILES string of the molecule is COc1cccc([C@H]2S[C@H](CCC#N)c3ccccc3-c3ccc(Cl)cc32)c1OC. The Balaban J connectivity index is 1.96. The minimum atomic E-state index is -0.0140. The van der Waals surface area contributed by atoms with Gasteiger partial charge >= 0.3 is 0 Å². The molecule has 30 heavy (non-hydrogen) atoms. The van der Waals surface area contributed by atoms with Gasteiger partial charge in [0, 0.05) is 22.3 Å². The number of thioether (sulfide) groups is 1. The Hall–Kier alpha value is -2.61. The maximum absolute atomic E-state index is 9.25. The number of fused-ring (bicyclic) bond motifs is 3. The topological polar surface area (TPSA) is 42.2 Å². The molecule has 3 aromatic rings. The van der Waals surface area contributed by atoms with Crippen LogP contribution in [0.4, 0.5) is 0 Å². The number of methoxy groups -OCH3 is 2. The molecule has 5 heteroatoms. The minimum Gasteiger partial charge on any atom is -0.493 e. The Bertz CT molecular complexity index is 1110. The zero-order valence-corrected chi connectivity index (χ0v) is 18.5. The third-order valence-corrected chi connectivity index (χ3v) is 7.26. The van der Waals surface area contributed by atoms with E-state index in [-0.39, 0.29) is 10.5 Å². The molecule has 1 heterocycles. The van der Waals surface area contributed by atoms with Crippen molar-refractivity contribution in [2.75, 3.05) is 14.2 Å². The van der Waals surface area contributed by atoms with Crippen molar-refractivity contribution in [3.05, 3.63) is 82.4 Å². The summed E-state index contributed by atoms with van der Waals surface area (Å²) >= 11 is 8.30. The van der Waals surface area contributed by atoms with Crippen LogP contribution in [0.1, 0.15) is 40.0 Å². The van der Waals surface area contributed by atoms with E-state index in [1.165, 1.54) is 11.1 Å². The molecule has 1 aliphatic rings. The molecule has 4 rings (SSSR count). The lowest BCUT2D eigenvalue weighted by atomic mass is 9.90. The molecule has 1 aliphatic heterocycles. The molecule has 0 saturated carbocycles. The summed E-state index contributed by atoms with van der Waals surface area (Å²) < 4.78 is 11.3. The average Bonchev–Trinajstić information content (AvgIpc) is 2.91. The summed E-state index contributed by atoms with van der Waals surface area (Å²) in [6.45, 7) is 0. The van der Waals surface area contributed by atoms with Gasteiger partial charge in [0.1, 0.15) is 0 Å². The predicted molar refractivity (Wildman–Crippen MR) is 123 cm³/mol. The fourth-order valence-corrected chi connectivity index (χ4v) is 5.90. The molecule has 152 valence electrons. The molecular weight excluding hydrogens is 414 g/mol. The van der Waals surface area contributed by atoms with E-state index < -0.39 is 0 Å². The molecule has 0 fully saturated rings. The second-order valence-electron chi connectivity index (χ2n) is 7.10. The van der Waals surface area contributed by atoms with Crippen molar-refractivity contribution in [1.29, 1.82) is 5.26 Å². The summed E-state index contributed by atoms with van der Waals surface area (Å²) in [6.07, 6.45) is 1.29. The molecule has 0 saturated heterocycles. The maximum Gasteiger partial charge on any atom is 0.165 e. The number of nitriles is 1. The Morgan fingerprint density at radius 2 is 1.70 bits per heavy atom. The quantitative estimate of drug-likeness (QED) is 0.424. The lowest BCUT2D eigenvalue weighted by Crippen LogP contribution is -2.04. The smallest absolute Gasteiger partial charge is 0.165 e. The summed E-state index contributed by atoms with van der Waals surface area (Å²) in [5.74, 6) is 1.43. The zero-order chi connectivity index (χ0) is 21.1. The standard InChI is InChI=1S/C25H22ClNO2S/c1-28-22-10-5-9-20(24(22)29-2)25-21-15-16(26)12-13-18(21)17-7-3-4-8-19(17)23(30-25)11-6-14-27/h3-5,7-10,12-13,15,23,25H,6,11H2,1-2H3/t23-,25-/m1/s1. The van der Waals surface area contributed by atoms with Crippen LogP contribution in [0, 0.1) is 11.3 Å². The first-order chi connectivity index (χ1) is 14.7. The first-order valence-electron chi connectivity index (χ1n) is 9.80. The van der Waals surface area contributed by atoms with Gasteiger partial charge in [-0.3, -0.25) is 0 Å². The van der Waals surface area contributed by atoms with Crippen molar-refractivity contribution in [3.8, 4) is 28.7 Å². The molecular formula is C25H22ClNO2S. The van der Waals surface area contributed by atoms with E-state index in [1.54, 1.807) is 14.2 Å². The monoisotopic (exact) mass is 435 g/mol. The van der Waals surface area contributed by atoms with E-state index >= 15 is 0 Å². The molecule has 0 spiro atoms. The van der Waals surface area contributed by atoms with Crippen LogP contribution in [-0.4, -0.2) is 14.2 Å². The lowest BCUT2D eigenvalue weighted by molar-refractivity contribution is 0.352. The number of halogens is 1. The Kier molecular flexibility index (Phi) is 6.22. The average molecular weight is 436 g/mol. The first kappa shape index (κ1) is 20.7. The summed E-state index contributed by atoms with van der Waals surface area (Å²) in [7, 11) is 3.32. The van der Waals surface area contributed by atoms with Crippen LogP contribution in [0.25, 0.3) is 11.1 Å². The summed E-state index contributed by atoms with van der Waals surface area (Å²) in [6, 6.07) is 22.9. The molecule has 0 aliphatic carbocycles. The fraction of sp³-hybridized carbons (Fsp3) is 0.240. The van der Waals surface area contributed by atoms with Crippen molar-refractivity contribution in [3.63, 3.8) is 0 Å². The highest BCUT2D eigenvalue weighted by molar-refractivity contribution is 8.00. The van der Waals surface area contributed by atoms with Crippen molar-refractivity contribution in [2.45, 2.75) is 23.3 Å². The fourth-order valence-electron chi connectivity index (χ4n) is 4.11. The lowest BCUT2D eigenvalue weighted by Gasteiger charge is -2.24. The van der Waals surface area contributed by atoms with Gasteiger partial charge in [-0.2, -0.15) is 5.26 Å². The van der Waals surface area contributed by atoms with Crippen molar-refractivity contribution in [2.24, 2.45) is 0 Å². The summed E-state index contributed by atoms with van der Waals surface area (Å²) in [5, 5.41) is 10.1. The van der Waals surface area contributed by atoms with E-state index in [0.29, 0.717) is 17.2 Å². The highest BCUT2D eigenvalue weighted by Crippen LogP contribution is 2.56. The molecule has 0 aromatic heterocycles. The van der Waals surface area contributed by atoms with Crippen LogP contribution in [0.3, 0.4) is 0 Å². The van der Waals surface area contributed by atoms with Crippen molar-refractivity contribution in [1.82, 2.24) is 0 Å². The van der Waals surface area contributed by atoms with Gasteiger partial charge in [0.25, 0.3) is 0 Å². The van der Waals surface area contributed by atoms with Crippen LogP contribution in [0.2, 0.25) is 5.02 Å². The molecule has 0 amide bonds. The normalized spacial score (nSPS) is 17.3. The van der Waals surface area contributed by atoms with Gasteiger partial charge in [0.05, 0.1) is 25.5 Å². The second kappa shape index (κ2) is 9.04. The number of rotatable bonds is 5. The Morgan fingerprint density at radius 3 is 2.47 bits per heavy atom. The minimum absolute atomic E-state index is 0.0140. The van der Waals surface area contributed by atoms with E-state index in [0.717, 1.165) is 28.9 Å². The van der Waals surface area contributed by atoms with Crippen LogP contribution < -0.4 is 9.47 Å². The van der Waals surface area contributed by atoms with Crippen LogP contribution in [-0.2, 0) is 0 Å². The van der Waals surface area contributed by atoms with Gasteiger partial charge in [-0.05, 0) is 46.9 Å². The van der Waals surface area contributed by atoms with Gasteiger partial charge in [0.15, 0.2) is 11.5 Å². The number of hydrogen-bond acceptors (Lipinski definition) is 4. The van der Waals surface area contributed by atoms with E-state index in [1.807, 2.05) is 30.0 Å². The molecule has 3 aromatic carbocycles. The molecule has 2 atom stereocenters. The predicted octanol–water partition coefficient (Wildman–Crippen LogP) is 7.21. The van der Waals surface area contributed by atoms with Crippen molar-refractivity contribution >= 4 is 23.4 Å². The van der Waals surface area contributed by atoms with Gasteiger partial charge in [0.2, 0.25) is 0 Å².